The molecule has 1 fully saturated rings. The number of allylic oxidation sites excluding steroid dienone is 1. The van der Waals surface area contributed by atoms with E-state index in [4.69, 9.17) is 9.47 Å². The van der Waals surface area contributed by atoms with Crippen LogP contribution < -0.4 is 0 Å². The molecule has 0 N–H and O–H groups in total. The summed E-state index contributed by atoms with van der Waals surface area (Å²) in [6, 6.07) is 0.181. The highest BCUT2D eigenvalue weighted by Crippen LogP contribution is 2.33. The van der Waals surface area contributed by atoms with Crippen LogP contribution in [0.25, 0.3) is 0 Å². The molecular formula is C18H26N2O3S. The van der Waals surface area contributed by atoms with Gasteiger partial charge in [-0.3, -0.25) is 4.99 Å². The van der Waals surface area contributed by atoms with Crippen LogP contribution in [0.15, 0.2) is 29.0 Å². The molecule has 1 aliphatic carbocycles. The molecule has 24 heavy (non-hydrogen) atoms. The molecule has 132 valence electrons. The molecule has 0 unspecified atom stereocenters. The Morgan fingerprint density at radius 1 is 1.42 bits per heavy atom. The maximum absolute atomic E-state index is 12.2. The summed E-state index contributed by atoms with van der Waals surface area (Å²) in [7, 11) is 0. The van der Waals surface area contributed by atoms with E-state index in [9.17, 15) is 4.79 Å². The summed E-state index contributed by atoms with van der Waals surface area (Å²) in [5.41, 5.74) is -0.468. The number of hydrogen-bond acceptors (Lipinski definition) is 5. The minimum Gasteiger partial charge on any atom is -0.489 e. The van der Waals surface area contributed by atoms with Crippen molar-refractivity contribution in [2.24, 2.45) is 4.99 Å². The first-order valence-electron chi connectivity index (χ1n) is 8.56. The number of thioether (sulfide) groups is 1. The van der Waals surface area contributed by atoms with Gasteiger partial charge in [0.05, 0.1) is 22.9 Å². The Hall–Kier alpha value is -1.43. The molecule has 3 aliphatic rings. The second-order valence-electron chi connectivity index (χ2n) is 7.46. The highest BCUT2D eigenvalue weighted by molar-refractivity contribution is 8.14. The smallest absolute Gasteiger partial charge is 0.410 e. The largest absolute Gasteiger partial charge is 0.489 e. The molecule has 6 heteroatoms. The van der Waals surface area contributed by atoms with E-state index in [2.05, 4.69) is 17.1 Å². The molecule has 2 aliphatic heterocycles. The first kappa shape index (κ1) is 17.4. The van der Waals surface area contributed by atoms with Crippen molar-refractivity contribution in [2.45, 2.75) is 63.5 Å². The van der Waals surface area contributed by atoms with Gasteiger partial charge in [-0.2, -0.15) is 0 Å². The maximum atomic E-state index is 12.2. The number of likely N-dealkylation sites (tertiary alicyclic amines) is 1. The van der Waals surface area contributed by atoms with E-state index in [1.807, 2.05) is 33.8 Å². The lowest BCUT2D eigenvalue weighted by Crippen LogP contribution is -2.45. The van der Waals surface area contributed by atoms with Gasteiger partial charge in [-0.15, -0.1) is 11.8 Å². The van der Waals surface area contributed by atoms with Crippen LogP contribution in [0.2, 0.25) is 0 Å². The predicted molar refractivity (Wildman–Crippen MR) is 97.4 cm³/mol. The Morgan fingerprint density at radius 2 is 2.21 bits per heavy atom. The van der Waals surface area contributed by atoms with E-state index in [1.54, 1.807) is 16.7 Å². The van der Waals surface area contributed by atoms with Crippen molar-refractivity contribution in [3.8, 4) is 0 Å². The van der Waals surface area contributed by atoms with Crippen LogP contribution in [0.1, 0.15) is 40.5 Å². The molecule has 5 nitrogen and oxygen atoms in total. The summed E-state index contributed by atoms with van der Waals surface area (Å²) in [5, 5.41) is 1.53. The first-order chi connectivity index (χ1) is 11.3. The molecule has 0 aromatic heterocycles. The van der Waals surface area contributed by atoms with Crippen molar-refractivity contribution in [3.05, 3.63) is 24.0 Å². The number of fused-ring (bicyclic) bond motifs is 1. The summed E-state index contributed by atoms with van der Waals surface area (Å²) < 4.78 is 11.6. The van der Waals surface area contributed by atoms with Gasteiger partial charge in [0.15, 0.2) is 0 Å². The number of carbonyl (C=O) groups is 1. The Balaban J connectivity index is 1.57. The second kappa shape index (κ2) is 6.82. The van der Waals surface area contributed by atoms with Crippen LogP contribution in [0.5, 0.6) is 0 Å². The summed E-state index contributed by atoms with van der Waals surface area (Å²) in [6.45, 7) is 9.02. The van der Waals surface area contributed by atoms with Gasteiger partial charge in [-0.05, 0) is 52.7 Å². The lowest BCUT2D eigenvalue weighted by molar-refractivity contribution is -0.00197. The van der Waals surface area contributed by atoms with Gasteiger partial charge in [0, 0.05) is 6.54 Å². The third-order valence-electron chi connectivity index (χ3n) is 4.09. The standard InChI is InChI=1S/C18H26N2O3S/c1-12-19-15-10-13(7-8-16(15)24-12)22-14-6-5-9-20(11-14)17(21)23-18(2,3)4/h7-8,10,14-16H,5-6,9,11H2,1-4H3/t14-,15-,16+/m1/s1. The van der Waals surface area contributed by atoms with E-state index in [-0.39, 0.29) is 18.2 Å². The molecule has 1 saturated heterocycles. The van der Waals surface area contributed by atoms with Gasteiger partial charge in [0.25, 0.3) is 0 Å². The third-order valence-corrected chi connectivity index (χ3v) is 5.25. The van der Waals surface area contributed by atoms with Crippen LogP contribution in [-0.4, -0.2) is 52.1 Å². The van der Waals surface area contributed by atoms with E-state index < -0.39 is 5.60 Å². The lowest BCUT2D eigenvalue weighted by Gasteiger charge is -2.34. The van der Waals surface area contributed by atoms with Crippen LogP contribution in [0, 0.1) is 0 Å². The number of rotatable bonds is 2. The van der Waals surface area contributed by atoms with Crippen molar-refractivity contribution < 1.29 is 14.3 Å². The first-order valence-corrected chi connectivity index (χ1v) is 9.44. The quantitative estimate of drug-likeness (QED) is 0.761. The lowest BCUT2D eigenvalue weighted by atomic mass is 10.1. The fourth-order valence-corrected chi connectivity index (χ4v) is 4.09. The second-order valence-corrected chi connectivity index (χ2v) is 8.83. The Labute approximate surface area is 148 Å². The fourth-order valence-electron chi connectivity index (χ4n) is 3.08. The van der Waals surface area contributed by atoms with Crippen LogP contribution in [0.4, 0.5) is 4.79 Å². The molecule has 0 bridgehead atoms. The molecule has 0 aromatic rings. The van der Waals surface area contributed by atoms with Crippen molar-refractivity contribution in [2.75, 3.05) is 13.1 Å². The average molecular weight is 350 g/mol. The molecule has 0 radical (unpaired) electrons. The van der Waals surface area contributed by atoms with Gasteiger partial charge in [0.2, 0.25) is 0 Å². The van der Waals surface area contributed by atoms with Crippen molar-refractivity contribution >= 4 is 22.9 Å². The average Bonchev–Trinajstić information content (AvgIpc) is 2.85. The maximum Gasteiger partial charge on any atom is 0.410 e. The van der Waals surface area contributed by atoms with E-state index in [0.717, 1.165) is 30.2 Å². The summed E-state index contributed by atoms with van der Waals surface area (Å²) in [6.07, 6.45) is 7.94. The van der Waals surface area contributed by atoms with Gasteiger partial charge in [0.1, 0.15) is 17.5 Å². The Kier molecular flexibility index (Phi) is 4.95. The molecule has 0 spiro atoms. The highest BCUT2D eigenvalue weighted by atomic mass is 32.2. The number of nitrogens with zero attached hydrogens (tertiary/aromatic N) is 2. The number of carbonyl (C=O) groups excluding carboxylic acids is 1. The van der Waals surface area contributed by atoms with Crippen LogP contribution >= 0.6 is 11.8 Å². The number of aliphatic imine (C=N–C) groups is 1. The van der Waals surface area contributed by atoms with Gasteiger partial charge in [-0.25, -0.2) is 4.79 Å². The number of hydrogen-bond donors (Lipinski definition) is 0. The predicted octanol–water partition coefficient (Wildman–Crippen LogP) is 3.76. The Morgan fingerprint density at radius 3 is 2.96 bits per heavy atom. The van der Waals surface area contributed by atoms with Crippen LogP contribution in [-0.2, 0) is 9.47 Å². The van der Waals surface area contributed by atoms with E-state index in [1.165, 1.54) is 0 Å². The third kappa shape index (κ3) is 4.35. The highest BCUT2D eigenvalue weighted by Gasteiger charge is 2.31. The van der Waals surface area contributed by atoms with Gasteiger partial charge < -0.3 is 14.4 Å². The fraction of sp³-hybridized carbons (Fsp3) is 0.667. The van der Waals surface area contributed by atoms with Crippen molar-refractivity contribution in [1.82, 2.24) is 4.90 Å². The Bertz CT molecular complexity index is 592. The normalized spacial score (nSPS) is 29.7. The van der Waals surface area contributed by atoms with Crippen LogP contribution in [0.3, 0.4) is 0 Å². The van der Waals surface area contributed by atoms with Crippen molar-refractivity contribution in [1.29, 1.82) is 0 Å². The zero-order valence-electron chi connectivity index (χ0n) is 14.8. The molecule has 3 atom stereocenters. The van der Waals surface area contributed by atoms with E-state index >= 15 is 0 Å². The number of ether oxygens (including phenoxy) is 2. The monoisotopic (exact) mass is 350 g/mol. The molecular weight excluding hydrogens is 324 g/mol. The summed E-state index contributed by atoms with van der Waals surface area (Å²) >= 11 is 1.80. The molecule has 0 aromatic carbocycles. The topological polar surface area (TPSA) is 51.1 Å². The molecule has 3 rings (SSSR count). The minimum atomic E-state index is -0.468. The summed E-state index contributed by atoms with van der Waals surface area (Å²) in [5.74, 6) is 0.867. The molecule has 2 heterocycles. The molecule has 1 amide bonds. The summed E-state index contributed by atoms with van der Waals surface area (Å²) in [4.78, 5) is 18.6. The zero-order valence-corrected chi connectivity index (χ0v) is 15.6. The SMILES string of the molecule is CC1=N[C@@H]2C=C(O[C@@H]3CCCN(C(=O)OC(C)(C)C)C3)C=C[C@@H]2S1. The van der Waals surface area contributed by atoms with Crippen molar-refractivity contribution in [3.63, 3.8) is 0 Å². The van der Waals surface area contributed by atoms with Gasteiger partial charge in [-0.1, -0.05) is 6.08 Å². The number of amides is 1. The van der Waals surface area contributed by atoms with E-state index in [0.29, 0.717) is 11.8 Å². The molecule has 0 saturated carbocycles. The number of piperidine rings is 1. The van der Waals surface area contributed by atoms with Gasteiger partial charge >= 0.3 is 6.09 Å². The minimum absolute atomic E-state index is 0.0119. The zero-order chi connectivity index (χ0) is 17.3.